The van der Waals surface area contributed by atoms with Gasteiger partial charge in [0, 0.05) is 29.7 Å². The fraction of sp³-hybridized carbons (Fsp3) is 0.263. The second-order valence-corrected chi connectivity index (χ2v) is 5.89. The second-order valence-electron chi connectivity index (χ2n) is 5.89. The molecule has 0 fully saturated rings. The number of nitrogens with one attached hydrogen (secondary N) is 1. The molecule has 0 saturated heterocycles. The SMILES string of the molecule is OCCN1CCc2c([nH]c3ccccc23)[C@H]1c1ccccc1. The van der Waals surface area contributed by atoms with Gasteiger partial charge in [0.2, 0.25) is 0 Å². The van der Waals surface area contributed by atoms with Crippen molar-refractivity contribution in [1.29, 1.82) is 0 Å². The van der Waals surface area contributed by atoms with E-state index in [2.05, 4.69) is 64.5 Å². The Morgan fingerprint density at radius 3 is 2.64 bits per heavy atom. The van der Waals surface area contributed by atoms with E-state index in [1.54, 1.807) is 0 Å². The largest absolute Gasteiger partial charge is 0.395 e. The van der Waals surface area contributed by atoms with Crippen molar-refractivity contribution < 1.29 is 5.11 Å². The first-order valence-electron chi connectivity index (χ1n) is 7.88. The Morgan fingerprint density at radius 2 is 1.82 bits per heavy atom. The van der Waals surface area contributed by atoms with Gasteiger partial charge < -0.3 is 10.1 Å². The quantitative estimate of drug-likeness (QED) is 0.778. The number of H-pyrrole nitrogens is 1. The number of β-amino-alcohol motifs (C(OH)–C–C–N with tert-alkyl or cyclic N) is 1. The maximum atomic E-state index is 9.42. The molecule has 2 aromatic carbocycles. The fourth-order valence-corrected chi connectivity index (χ4v) is 3.67. The number of hydrogen-bond donors (Lipinski definition) is 2. The minimum absolute atomic E-state index is 0.193. The molecule has 0 spiro atoms. The van der Waals surface area contributed by atoms with Crippen molar-refractivity contribution >= 4 is 10.9 Å². The third-order valence-electron chi connectivity index (χ3n) is 4.64. The van der Waals surface area contributed by atoms with Crippen LogP contribution >= 0.6 is 0 Å². The zero-order chi connectivity index (χ0) is 14.9. The Balaban J connectivity index is 1.89. The van der Waals surface area contributed by atoms with Gasteiger partial charge in [-0.15, -0.1) is 0 Å². The predicted octanol–water partition coefficient (Wildman–Crippen LogP) is 3.11. The van der Waals surface area contributed by atoms with Crippen molar-refractivity contribution in [2.75, 3.05) is 19.7 Å². The van der Waals surface area contributed by atoms with Gasteiger partial charge >= 0.3 is 0 Å². The molecule has 2 N–H and O–H groups in total. The average Bonchev–Trinajstić information content (AvgIpc) is 2.94. The molecule has 112 valence electrons. The van der Waals surface area contributed by atoms with Crippen LogP contribution in [0.2, 0.25) is 0 Å². The Kier molecular flexibility index (Phi) is 3.45. The van der Waals surface area contributed by atoms with Gasteiger partial charge in [0.25, 0.3) is 0 Å². The minimum Gasteiger partial charge on any atom is -0.395 e. The molecule has 3 heteroatoms. The zero-order valence-corrected chi connectivity index (χ0v) is 12.5. The number of benzene rings is 2. The van der Waals surface area contributed by atoms with Crippen molar-refractivity contribution in [1.82, 2.24) is 9.88 Å². The molecule has 0 aliphatic carbocycles. The van der Waals surface area contributed by atoms with E-state index in [0.29, 0.717) is 6.54 Å². The van der Waals surface area contributed by atoms with Crippen molar-refractivity contribution in [3.63, 3.8) is 0 Å². The molecule has 0 radical (unpaired) electrons. The van der Waals surface area contributed by atoms with Gasteiger partial charge in [-0.3, -0.25) is 4.90 Å². The fourth-order valence-electron chi connectivity index (χ4n) is 3.67. The van der Waals surface area contributed by atoms with Crippen molar-refractivity contribution in [2.24, 2.45) is 0 Å². The molecule has 1 aliphatic heterocycles. The van der Waals surface area contributed by atoms with Gasteiger partial charge in [-0.25, -0.2) is 0 Å². The summed E-state index contributed by atoms with van der Waals surface area (Å²) in [6.07, 6.45) is 1.03. The van der Waals surface area contributed by atoms with Gasteiger partial charge in [-0.05, 0) is 23.6 Å². The summed E-state index contributed by atoms with van der Waals surface area (Å²) in [6, 6.07) is 19.3. The Bertz CT molecular complexity index is 778. The lowest BCUT2D eigenvalue weighted by Gasteiger charge is -2.35. The number of aliphatic hydroxyl groups excluding tert-OH is 1. The normalized spacial score (nSPS) is 18.5. The van der Waals surface area contributed by atoms with E-state index in [9.17, 15) is 5.11 Å². The number of aliphatic hydroxyl groups is 1. The molecule has 0 bridgehead atoms. The third kappa shape index (κ3) is 2.14. The van der Waals surface area contributed by atoms with Crippen LogP contribution in [0.4, 0.5) is 0 Å². The van der Waals surface area contributed by atoms with E-state index in [-0.39, 0.29) is 12.6 Å². The van der Waals surface area contributed by atoms with E-state index in [0.717, 1.165) is 13.0 Å². The predicted molar refractivity (Wildman–Crippen MR) is 88.9 cm³/mol. The van der Waals surface area contributed by atoms with Crippen LogP contribution in [-0.2, 0) is 6.42 Å². The lowest BCUT2D eigenvalue weighted by Crippen LogP contribution is -2.37. The van der Waals surface area contributed by atoms with E-state index in [4.69, 9.17) is 0 Å². The lowest BCUT2D eigenvalue weighted by atomic mass is 9.92. The molecule has 1 aliphatic rings. The lowest BCUT2D eigenvalue weighted by molar-refractivity contribution is 0.159. The van der Waals surface area contributed by atoms with Gasteiger partial charge in [-0.1, -0.05) is 48.5 Å². The first-order valence-corrected chi connectivity index (χ1v) is 7.88. The van der Waals surface area contributed by atoms with Crippen LogP contribution in [0.5, 0.6) is 0 Å². The minimum atomic E-state index is 0.193. The molecule has 2 heterocycles. The summed E-state index contributed by atoms with van der Waals surface area (Å²) in [7, 11) is 0. The maximum absolute atomic E-state index is 9.42. The van der Waals surface area contributed by atoms with E-state index in [1.165, 1.54) is 27.7 Å². The standard InChI is InChI=1S/C19H20N2O/c22-13-12-21-11-10-16-15-8-4-5-9-17(15)20-18(16)19(21)14-6-2-1-3-7-14/h1-9,19-20,22H,10-13H2/t19-/m1/s1. The molecule has 0 unspecified atom stereocenters. The van der Waals surface area contributed by atoms with Crippen LogP contribution in [0, 0.1) is 0 Å². The highest BCUT2D eigenvalue weighted by molar-refractivity contribution is 5.85. The first kappa shape index (κ1) is 13.6. The number of rotatable bonds is 3. The average molecular weight is 292 g/mol. The van der Waals surface area contributed by atoms with Crippen LogP contribution in [-0.4, -0.2) is 34.7 Å². The molecule has 1 atom stereocenters. The van der Waals surface area contributed by atoms with Gasteiger partial charge in [0.15, 0.2) is 0 Å². The zero-order valence-electron chi connectivity index (χ0n) is 12.5. The van der Waals surface area contributed by atoms with Crippen LogP contribution in [0.25, 0.3) is 10.9 Å². The van der Waals surface area contributed by atoms with Crippen LogP contribution in [0.15, 0.2) is 54.6 Å². The maximum Gasteiger partial charge on any atom is 0.0758 e. The molecular weight excluding hydrogens is 272 g/mol. The summed E-state index contributed by atoms with van der Waals surface area (Å²) in [5.41, 5.74) is 5.20. The van der Waals surface area contributed by atoms with Gasteiger partial charge in [-0.2, -0.15) is 0 Å². The second kappa shape index (κ2) is 5.59. The topological polar surface area (TPSA) is 39.3 Å². The summed E-state index contributed by atoms with van der Waals surface area (Å²) in [5.74, 6) is 0. The van der Waals surface area contributed by atoms with Gasteiger partial charge in [0.1, 0.15) is 0 Å². The molecule has 0 amide bonds. The van der Waals surface area contributed by atoms with Crippen molar-refractivity contribution in [3.05, 3.63) is 71.4 Å². The third-order valence-corrected chi connectivity index (χ3v) is 4.64. The van der Waals surface area contributed by atoms with Crippen molar-refractivity contribution in [3.8, 4) is 0 Å². The molecule has 3 nitrogen and oxygen atoms in total. The summed E-state index contributed by atoms with van der Waals surface area (Å²) in [4.78, 5) is 6.00. The first-order chi connectivity index (χ1) is 10.9. The molecule has 1 aromatic heterocycles. The molecule has 0 saturated carbocycles. The summed E-state index contributed by atoms with van der Waals surface area (Å²) >= 11 is 0. The number of aromatic nitrogens is 1. The number of hydrogen-bond acceptors (Lipinski definition) is 2. The van der Waals surface area contributed by atoms with Crippen LogP contribution in [0.1, 0.15) is 22.9 Å². The number of fused-ring (bicyclic) bond motifs is 3. The molecular formula is C19H20N2O. The highest BCUT2D eigenvalue weighted by Crippen LogP contribution is 2.37. The summed E-state index contributed by atoms with van der Waals surface area (Å²) < 4.78 is 0. The Hall–Kier alpha value is -2.10. The summed E-state index contributed by atoms with van der Waals surface area (Å²) in [6.45, 7) is 1.88. The van der Waals surface area contributed by atoms with E-state index in [1.807, 2.05) is 0 Å². The Labute approximate surface area is 130 Å². The molecule has 4 rings (SSSR count). The Morgan fingerprint density at radius 1 is 1.05 bits per heavy atom. The highest BCUT2D eigenvalue weighted by atomic mass is 16.3. The van der Waals surface area contributed by atoms with Crippen LogP contribution < -0.4 is 0 Å². The highest BCUT2D eigenvalue weighted by Gasteiger charge is 2.30. The van der Waals surface area contributed by atoms with E-state index < -0.39 is 0 Å². The molecule has 22 heavy (non-hydrogen) atoms. The smallest absolute Gasteiger partial charge is 0.0758 e. The van der Waals surface area contributed by atoms with Crippen LogP contribution in [0.3, 0.4) is 0 Å². The van der Waals surface area contributed by atoms with Crippen molar-refractivity contribution in [2.45, 2.75) is 12.5 Å². The summed E-state index contributed by atoms with van der Waals surface area (Å²) in [5, 5.41) is 10.8. The molecule has 3 aromatic rings. The number of aromatic amines is 1. The van der Waals surface area contributed by atoms with E-state index >= 15 is 0 Å². The number of para-hydroxylation sites is 1. The van der Waals surface area contributed by atoms with Gasteiger partial charge in [0.05, 0.1) is 12.6 Å². The monoisotopic (exact) mass is 292 g/mol. The number of nitrogens with zero attached hydrogens (tertiary/aromatic N) is 1.